The van der Waals surface area contributed by atoms with Crippen LogP contribution in [0.4, 0.5) is 23.1 Å². The molecule has 0 spiro atoms. The van der Waals surface area contributed by atoms with E-state index in [1.54, 1.807) is 11.3 Å². The highest BCUT2D eigenvalue weighted by Crippen LogP contribution is 2.41. The van der Waals surface area contributed by atoms with Crippen LogP contribution in [0.15, 0.2) is 29.6 Å². The number of hydrogen-bond donors (Lipinski definition) is 2. The van der Waals surface area contributed by atoms with Gasteiger partial charge in [-0.3, -0.25) is 0 Å². The van der Waals surface area contributed by atoms with Crippen LogP contribution in [0.2, 0.25) is 0 Å². The first-order valence-electron chi connectivity index (χ1n) is 10.3. The van der Waals surface area contributed by atoms with Crippen LogP contribution >= 0.6 is 11.3 Å². The Kier molecular flexibility index (Phi) is 4.59. The number of benzene rings is 1. The minimum absolute atomic E-state index is 0.178. The number of thiophene rings is 1. The number of piperazine rings is 1. The van der Waals surface area contributed by atoms with Gasteiger partial charge in [0.2, 0.25) is 5.95 Å². The summed E-state index contributed by atoms with van der Waals surface area (Å²) in [6, 6.07) is 8.62. The van der Waals surface area contributed by atoms with E-state index in [1.807, 2.05) is 0 Å². The number of nitrogens with zero attached hydrogens (tertiary/aromatic N) is 4. The first-order valence-corrected chi connectivity index (χ1v) is 11.2. The molecule has 29 heavy (non-hydrogen) atoms. The molecule has 3 heterocycles. The van der Waals surface area contributed by atoms with Crippen molar-refractivity contribution in [2.24, 2.45) is 0 Å². The summed E-state index contributed by atoms with van der Waals surface area (Å²) < 4.78 is 0. The van der Waals surface area contributed by atoms with Crippen molar-refractivity contribution in [3.8, 4) is 0 Å². The maximum absolute atomic E-state index is 4.83. The molecule has 0 atom stereocenters. The van der Waals surface area contributed by atoms with Crippen LogP contribution in [0.1, 0.15) is 25.3 Å². The van der Waals surface area contributed by atoms with Crippen LogP contribution in [0, 0.1) is 6.92 Å². The van der Waals surface area contributed by atoms with Crippen molar-refractivity contribution in [3.05, 3.63) is 35.2 Å². The molecule has 5 rings (SSSR count). The van der Waals surface area contributed by atoms with Crippen molar-refractivity contribution in [1.82, 2.24) is 14.9 Å². The number of nitrogens with one attached hydrogen (secondary N) is 2. The molecule has 1 aliphatic carbocycles. The van der Waals surface area contributed by atoms with E-state index in [1.165, 1.54) is 24.1 Å². The van der Waals surface area contributed by atoms with Crippen LogP contribution in [0.5, 0.6) is 0 Å². The summed E-state index contributed by atoms with van der Waals surface area (Å²) in [7, 11) is 2.18. The second kappa shape index (κ2) is 7.15. The predicted molar refractivity (Wildman–Crippen MR) is 123 cm³/mol. The summed E-state index contributed by atoms with van der Waals surface area (Å²) in [5.74, 6) is 1.60. The molecule has 1 aliphatic heterocycles. The molecule has 7 heteroatoms. The van der Waals surface area contributed by atoms with E-state index >= 15 is 0 Å². The average Bonchev–Trinajstić information content (AvgIpc) is 3.31. The Balaban J connectivity index is 1.37. The van der Waals surface area contributed by atoms with E-state index in [4.69, 9.17) is 9.97 Å². The summed E-state index contributed by atoms with van der Waals surface area (Å²) in [6.45, 7) is 8.77. The molecule has 1 aromatic carbocycles. The number of anilines is 4. The van der Waals surface area contributed by atoms with E-state index in [-0.39, 0.29) is 5.54 Å². The van der Waals surface area contributed by atoms with Gasteiger partial charge in [-0.25, -0.2) is 4.98 Å². The molecule has 2 N–H and O–H groups in total. The van der Waals surface area contributed by atoms with Gasteiger partial charge in [0.1, 0.15) is 10.6 Å². The van der Waals surface area contributed by atoms with Crippen LogP contribution in [-0.2, 0) is 0 Å². The Morgan fingerprint density at radius 1 is 1.03 bits per heavy atom. The summed E-state index contributed by atoms with van der Waals surface area (Å²) in [6.07, 6.45) is 2.39. The molecule has 0 radical (unpaired) electrons. The molecule has 2 aliphatic rings. The van der Waals surface area contributed by atoms with Crippen molar-refractivity contribution >= 4 is 44.7 Å². The van der Waals surface area contributed by atoms with Gasteiger partial charge in [0, 0.05) is 43.1 Å². The zero-order valence-corrected chi connectivity index (χ0v) is 18.1. The Morgan fingerprint density at radius 2 is 1.76 bits per heavy atom. The zero-order valence-electron chi connectivity index (χ0n) is 17.3. The van der Waals surface area contributed by atoms with Crippen LogP contribution in [-0.4, -0.2) is 53.6 Å². The zero-order chi connectivity index (χ0) is 20.0. The molecule has 0 amide bonds. The fraction of sp³-hybridized carbons (Fsp3) is 0.455. The van der Waals surface area contributed by atoms with Crippen LogP contribution in [0.3, 0.4) is 0 Å². The van der Waals surface area contributed by atoms with Gasteiger partial charge in [-0.15, -0.1) is 11.3 Å². The monoisotopic (exact) mass is 408 g/mol. The van der Waals surface area contributed by atoms with Crippen molar-refractivity contribution < 1.29 is 0 Å². The fourth-order valence-electron chi connectivity index (χ4n) is 3.78. The topological polar surface area (TPSA) is 56.3 Å². The van der Waals surface area contributed by atoms with Crippen molar-refractivity contribution in [2.75, 3.05) is 48.8 Å². The highest BCUT2D eigenvalue weighted by molar-refractivity contribution is 7.17. The molecule has 3 aromatic rings. The highest BCUT2D eigenvalue weighted by atomic mass is 32.1. The SMILES string of the molecule is Cc1csc2nc(Nc3ccc(N4CCN(C)CC4)cc3)nc(NC3(C)CC3)c12. The summed E-state index contributed by atoms with van der Waals surface area (Å²) in [5, 5.41) is 10.4. The first kappa shape index (κ1) is 18.6. The molecule has 1 saturated carbocycles. The van der Waals surface area contributed by atoms with E-state index < -0.39 is 0 Å². The third kappa shape index (κ3) is 3.89. The van der Waals surface area contributed by atoms with Gasteiger partial charge in [-0.05, 0) is 68.9 Å². The van der Waals surface area contributed by atoms with Gasteiger partial charge >= 0.3 is 0 Å². The molecule has 0 unspecified atom stereocenters. The lowest BCUT2D eigenvalue weighted by Gasteiger charge is -2.34. The highest BCUT2D eigenvalue weighted by Gasteiger charge is 2.38. The van der Waals surface area contributed by atoms with E-state index in [0.29, 0.717) is 5.95 Å². The lowest BCUT2D eigenvalue weighted by Crippen LogP contribution is -2.44. The normalized spacial score (nSPS) is 18.8. The maximum Gasteiger partial charge on any atom is 0.230 e. The maximum atomic E-state index is 4.83. The minimum atomic E-state index is 0.178. The molecule has 1 saturated heterocycles. The Hall–Kier alpha value is -2.38. The summed E-state index contributed by atoms with van der Waals surface area (Å²) in [5.41, 5.74) is 3.70. The Bertz CT molecular complexity index is 1020. The lowest BCUT2D eigenvalue weighted by atomic mass is 10.2. The minimum Gasteiger partial charge on any atom is -0.369 e. The van der Waals surface area contributed by atoms with Gasteiger partial charge in [0.05, 0.1) is 5.39 Å². The number of aryl methyl sites for hydroxylation is 1. The Morgan fingerprint density at radius 3 is 2.45 bits per heavy atom. The number of rotatable bonds is 5. The summed E-state index contributed by atoms with van der Waals surface area (Å²) >= 11 is 1.68. The standard InChI is InChI=1S/C22H28N6S/c1-15-14-29-20-18(15)19(26-22(2)8-9-22)24-21(25-20)23-16-4-6-17(7-5-16)28-12-10-27(3)11-13-28/h4-7,14H,8-13H2,1-3H3,(H2,23,24,25,26). The molecule has 0 bridgehead atoms. The largest absolute Gasteiger partial charge is 0.369 e. The quantitative estimate of drug-likeness (QED) is 0.650. The van der Waals surface area contributed by atoms with E-state index in [9.17, 15) is 0 Å². The van der Waals surface area contributed by atoms with Gasteiger partial charge < -0.3 is 20.4 Å². The lowest BCUT2D eigenvalue weighted by molar-refractivity contribution is 0.313. The third-order valence-electron chi connectivity index (χ3n) is 6.03. The van der Waals surface area contributed by atoms with Crippen molar-refractivity contribution in [1.29, 1.82) is 0 Å². The molecule has 2 fully saturated rings. The smallest absolute Gasteiger partial charge is 0.230 e. The van der Waals surface area contributed by atoms with Crippen molar-refractivity contribution in [2.45, 2.75) is 32.2 Å². The van der Waals surface area contributed by atoms with Gasteiger partial charge in [0.25, 0.3) is 0 Å². The molecular formula is C22H28N6S. The number of likely N-dealkylation sites (N-methyl/N-ethyl adjacent to an activating group) is 1. The molecule has 6 nitrogen and oxygen atoms in total. The molecular weight excluding hydrogens is 380 g/mol. The molecule has 152 valence electrons. The first-order chi connectivity index (χ1) is 14.0. The van der Waals surface area contributed by atoms with Crippen molar-refractivity contribution in [3.63, 3.8) is 0 Å². The molecule has 2 aromatic heterocycles. The van der Waals surface area contributed by atoms with Crippen LogP contribution in [0.25, 0.3) is 10.2 Å². The van der Waals surface area contributed by atoms with E-state index in [2.05, 4.69) is 71.0 Å². The number of hydrogen-bond acceptors (Lipinski definition) is 7. The van der Waals surface area contributed by atoms with Gasteiger partial charge in [0.15, 0.2) is 0 Å². The number of aromatic nitrogens is 2. The summed E-state index contributed by atoms with van der Waals surface area (Å²) in [4.78, 5) is 15.4. The Labute approximate surface area is 176 Å². The second-order valence-electron chi connectivity index (χ2n) is 8.64. The second-order valence-corrected chi connectivity index (χ2v) is 9.50. The van der Waals surface area contributed by atoms with Crippen LogP contribution < -0.4 is 15.5 Å². The van der Waals surface area contributed by atoms with Gasteiger partial charge in [-0.2, -0.15) is 4.98 Å². The average molecular weight is 409 g/mol. The fourth-order valence-corrected chi connectivity index (χ4v) is 4.70. The third-order valence-corrected chi connectivity index (χ3v) is 7.02. The number of fused-ring (bicyclic) bond motifs is 1. The van der Waals surface area contributed by atoms with Gasteiger partial charge in [-0.1, -0.05) is 0 Å². The predicted octanol–water partition coefficient (Wildman–Crippen LogP) is 4.46. The van der Waals surface area contributed by atoms with E-state index in [0.717, 1.165) is 47.9 Å².